The number of nitrogens with zero attached hydrogens (tertiary/aromatic N) is 2. The number of aromatic nitrogens is 2. The van der Waals surface area contributed by atoms with Gasteiger partial charge in [0.1, 0.15) is 0 Å². The van der Waals surface area contributed by atoms with Gasteiger partial charge in [0.05, 0.1) is 11.0 Å². The lowest BCUT2D eigenvalue weighted by molar-refractivity contribution is 1.10. The van der Waals surface area contributed by atoms with Crippen molar-refractivity contribution in [3.8, 4) is 5.69 Å². The van der Waals surface area contributed by atoms with Crippen molar-refractivity contribution in [2.24, 2.45) is 0 Å². The molecule has 1 heterocycles. The van der Waals surface area contributed by atoms with E-state index in [0.29, 0.717) is 5.95 Å². The van der Waals surface area contributed by atoms with Crippen LogP contribution >= 0.6 is 0 Å². The highest BCUT2D eigenvalue weighted by molar-refractivity contribution is 5.80. The fourth-order valence-electron chi connectivity index (χ4n) is 2.40. The molecule has 2 N–H and O–H groups in total. The summed E-state index contributed by atoms with van der Waals surface area (Å²) in [7, 11) is 0. The van der Waals surface area contributed by atoms with E-state index >= 15 is 0 Å². The van der Waals surface area contributed by atoms with E-state index in [-0.39, 0.29) is 0 Å². The number of anilines is 1. The van der Waals surface area contributed by atoms with E-state index in [1.807, 2.05) is 28.8 Å². The third-order valence-electron chi connectivity index (χ3n) is 3.05. The molecule has 0 aliphatic rings. The van der Waals surface area contributed by atoms with Crippen molar-refractivity contribution < 1.29 is 0 Å². The highest BCUT2D eigenvalue weighted by Crippen LogP contribution is 2.24. The van der Waals surface area contributed by atoms with Crippen LogP contribution in [0.1, 0.15) is 11.1 Å². The minimum absolute atomic E-state index is 0.529. The number of para-hydroxylation sites is 2. The Kier molecular flexibility index (Phi) is 2.33. The fraction of sp³-hybridized carbons (Fsp3) is 0.133. The van der Waals surface area contributed by atoms with Gasteiger partial charge in [-0.2, -0.15) is 0 Å². The van der Waals surface area contributed by atoms with Crippen molar-refractivity contribution in [3.63, 3.8) is 0 Å². The number of nitrogens with two attached hydrogens (primary N) is 1. The van der Waals surface area contributed by atoms with Crippen LogP contribution in [0.15, 0.2) is 42.5 Å². The average molecular weight is 237 g/mol. The molecule has 3 rings (SSSR count). The monoisotopic (exact) mass is 237 g/mol. The second-order valence-electron chi connectivity index (χ2n) is 4.64. The number of hydrogen-bond donors (Lipinski definition) is 1. The minimum Gasteiger partial charge on any atom is -0.369 e. The number of imidazole rings is 1. The number of rotatable bonds is 1. The first-order chi connectivity index (χ1) is 8.65. The summed E-state index contributed by atoms with van der Waals surface area (Å²) in [5, 5.41) is 0. The standard InChI is InChI=1S/C15H15N3/c1-10-7-11(2)9-12(8-10)18-14-6-4-3-5-13(14)17-15(18)16/h3-9H,1-2H3,(H2,16,17). The summed E-state index contributed by atoms with van der Waals surface area (Å²) >= 11 is 0. The largest absolute Gasteiger partial charge is 0.369 e. The van der Waals surface area contributed by atoms with Crippen molar-refractivity contribution in [3.05, 3.63) is 53.6 Å². The van der Waals surface area contributed by atoms with Crippen LogP contribution in [0.2, 0.25) is 0 Å². The van der Waals surface area contributed by atoms with Crippen LogP contribution in [0.25, 0.3) is 16.7 Å². The van der Waals surface area contributed by atoms with Gasteiger partial charge in [-0.3, -0.25) is 4.57 Å². The van der Waals surface area contributed by atoms with Crippen molar-refractivity contribution in [1.82, 2.24) is 9.55 Å². The molecule has 0 aliphatic heterocycles. The normalized spacial score (nSPS) is 11.0. The molecule has 0 atom stereocenters. The van der Waals surface area contributed by atoms with Gasteiger partial charge in [0.15, 0.2) is 0 Å². The van der Waals surface area contributed by atoms with Gasteiger partial charge >= 0.3 is 0 Å². The minimum atomic E-state index is 0.529. The first-order valence-corrected chi connectivity index (χ1v) is 5.97. The summed E-state index contributed by atoms with van der Waals surface area (Å²) < 4.78 is 2.00. The van der Waals surface area contributed by atoms with Gasteiger partial charge in [-0.05, 0) is 49.2 Å². The lowest BCUT2D eigenvalue weighted by atomic mass is 10.1. The Bertz CT molecular complexity index is 705. The number of hydrogen-bond acceptors (Lipinski definition) is 2. The highest BCUT2D eigenvalue weighted by atomic mass is 15.2. The quantitative estimate of drug-likeness (QED) is 0.706. The maximum atomic E-state index is 6.04. The Labute approximate surface area is 106 Å². The topological polar surface area (TPSA) is 43.8 Å². The molecule has 0 spiro atoms. The third kappa shape index (κ3) is 1.64. The van der Waals surface area contributed by atoms with Gasteiger partial charge < -0.3 is 5.73 Å². The second kappa shape index (κ2) is 3.88. The summed E-state index contributed by atoms with van der Waals surface area (Å²) in [4.78, 5) is 4.39. The second-order valence-corrected chi connectivity index (χ2v) is 4.64. The summed E-state index contributed by atoms with van der Waals surface area (Å²) in [6.07, 6.45) is 0. The number of fused-ring (bicyclic) bond motifs is 1. The third-order valence-corrected chi connectivity index (χ3v) is 3.05. The number of aryl methyl sites for hydroxylation is 2. The lowest BCUT2D eigenvalue weighted by Gasteiger charge is -2.08. The van der Waals surface area contributed by atoms with Crippen LogP contribution in [0.3, 0.4) is 0 Å². The maximum Gasteiger partial charge on any atom is 0.205 e. The molecular weight excluding hydrogens is 222 g/mol. The predicted octanol–water partition coefficient (Wildman–Crippen LogP) is 3.22. The van der Waals surface area contributed by atoms with Crippen molar-refractivity contribution >= 4 is 17.0 Å². The van der Waals surface area contributed by atoms with E-state index in [1.54, 1.807) is 0 Å². The summed E-state index contributed by atoms with van der Waals surface area (Å²) in [5.74, 6) is 0.529. The first-order valence-electron chi connectivity index (χ1n) is 5.97. The summed E-state index contributed by atoms with van der Waals surface area (Å²) in [6.45, 7) is 4.18. The van der Waals surface area contributed by atoms with Crippen LogP contribution < -0.4 is 5.73 Å². The van der Waals surface area contributed by atoms with Gasteiger partial charge in [0.2, 0.25) is 5.95 Å². The molecule has 2 aromatic carbocycles. The van der Waals surface area contributed by atoms with E-state index in [0.717, 1.165) is 16.7 Å². The zero-order valence-electron chi connectivity index (χ0n) is 10.5. The SMILES string of the molecule is Cc1cc(C)cc(-n2c(N)nc3ccccc32)c1. The molecule has 0 saturated carbocycles. The van der Waals surface area contributed by atoms with E-state index in [1.165, 1.54) is 11.1 Å². The molecular formula is C15H15N3. The molecule has 0 unspecified atom stereocenters. The highest BCUT2D eigenvalue weighted by Gasteiger charge is 2.09. The zero-order valence-corrected chi connectivity index (χ0v) is 10.5. The molecule has 0 aliphatic carbocycles. The summed E-state index contributed by atoms with van der Waals surface area (Å²) in [6, 6.07) is 14.4. The van der Waals surface area contributed by atoms with E-state index in [2.05, 4.69) is 37.0 Å². The van der Waals surface area contributed by atoms with E-state index < -0.39 is 0 Å². The zero-order chi connectivity index (χ0) is 12.7. The molecule has 3 nitrogen and oxygen atoms in total. The van der Waals surface area contributed by atoms with Crippen LogP contribution in [-0.4, -0.2) is 9.55 Å². The molecule has 3 heteroatoms. The molecule has 0 saturated heterocycles. The van der Waals surface area contributed by atoms with Crippen LogP contribution in [0.5, 0.6) is 0 Å². The van der Waals surface area contributed by atoms with Crippen LogP contribution in [0, 0.1) is 13.8 Å². The number of nitrogen functional groups attached to an aromatic ring is 1. The van der Waals surface area contributed by atoms with Gasteiger partial charge in [-0.25, -0.2) is 4.98 Å². The first kappa shape index (κ1) is 10.8. The van der Waals surface area contributed by atoms with Crippen molar-refractivity contribution in [2.45, 2.75) is 13.8 Å². The lowest BCUT2D eigenvalue weighted by Crippen LogP contribution is -2.01. The molecule has 0 bridgehead atoms. The van der Waals surface area contributed by atoms with Gasteiger partial charge in [-0.1, -0.05) is 18.2 Å². The molecule has 0 radical (unpaired) electrons. The fourth-order valence-corrected chi connectivity index (χ4v) is 2.40. The average Bonchev–Trinajstić information content (AvgIpc) is 2.63. The Balaban J connectivity index is 2.34. The molecule has 18 heavy (non-hydrogen) atoms. The predicted molar refractivity (Wildman–Crippen MR) is 75.0 cm³/mol. The van der Waals surface area contributed by atoms with E-state index in [4.69, 9.17) is 5.73 Å². The van der Waals surface area contributed by atoms with Gasteiger partial charge in [-0.15, -0.1) is 0 Å². The molecule has 3 aromatic rings. The van der Waals surface area contributed by atoms with E-state index in [9.17, 15) is 0 Å². The molecule has 90 valence electrons. The van der Waals surface area contributed by atoms with Gasteiger partial charge in [0.25, 0.3) is 0 Å². The van der Waals surface area contributed by atoms with Crippen LogP contribution in [-0.2, 0) is 0 Å². The maximum absolute atomic E-state index is 6.04. The molecule has 0 fully saturated rings. The Morgan fingerprint density at radius 1 is 1.00 bits per heavy atom. The number of benzene rings is 2. The molecule has 0 amide bonds. The Morgan fingerprint density at radius 3 is 2.39 bits per heavy atom. The summed E-state index contributed by atoms with van der Waals surface area (Å²) in [5.41, 5.74) is 11.5. The van der Waals surface area contributed by atoms with Gasteiger partial charge in [0, 0.05) is 5.69 Å². The Morgan fingerprint density at radius 2 is 1.67 bits per heavy atom. The van der Waals surface area contributed by atoms with Crippen molar-refractivity contribution in [2.75, 3.05) is 5.73 Å². The molecule has 1 aromatic heterocycles. The Hall–Kier alpha value is -2.29. The van der Waals surface area contributed by atoms with Crippen molar-refractivity contribution in [1.29, 1.82) is 0 Å². The van der Waals surface area contributed by atoms with Crippen LogP contribution in [0.4, 0.5) is 5.95 Å². The smallest absolute Gasteiger partial charge is 0.205 e.